The Morgan fingerprint density at radius 3 is 2.72 bits per heavy atom. The normalized spacial score (nSPS) is 17.8. The molecule has 1 fully saturated rings. The van der Waals surface area contributed by atoms with Gasteiger partial charge in [0.25, 0.3) is 0 Å². The SMILES string of the molecule is NC(=O)c1cccc(COCC2(N)CCCC2)c1. The first kappa shape index (κ1) is 13.1. The number of rotatable bonds is 5. The summed E-state index contributed by atoms with van der Waals surface area (Å²) in [6.45, 7) is 1.05. The molecule has 0 saturated heterocycles. The molecular weight excluding hydrogens is 228 g/mol. The summed E-state index contributed by atoms with van der Waals surface area (Å²) in [7, 11) is 0. The van der Waals surface area contributed by atoms with Crippen molar-refractivity contribution >= 4 is 5.91 Å². The Balaban J connectivity index is 1.86. The Morgan fingerprint density at radius 2 is 2.06 bits per heavy atom. The van der Waals surface area contributed by atoms with Crippen molar-refractivity contribution in [3.63, 3.8) is 0 Å². The highest BCUT2D eigenvalue weighted by molar-refractivity contribution is 5.92. The van der Waals surface area contributed by atoms with Crippen molar-refractivity contribution in [3.05, 3.63) is 35.4 Å². The van der Waals surface area contributed by atoms with Crippen molar-refractivity contribution in [2.45, 2.75) is 37.8 Å². The maximum atomic E-state index is 11.0. The van der Waals surface area contributed by atoms with E-state index in [1.54, 1.807) is 12.1 Å². The molecule has 1 aromatic carbocycles. The molecule has 0 spiro atoms. The summed E-state index contributed by atoms with van der Waals surface area (Å²) < 4.78 is 5.66. The lowest BCUT2D eigenvalue weighted by atomic mass is 10.0. The van der Waals surface area contributed by atoms with Crippen LogP contribution in [0.1, 0.15) is 41.6 Å². The van der Waals surface area contributed by atoms with E-state index < -0.39 is 5.91 Å². The summed E-state index contributed by atoms with van der Waals surface area (Å²) in [5, 5.41) is 0. The minimum Gasteiger partial charge on any atom is -0.375 e. The van der Waals surface area contributed by atoms with Crippen molar-refractivity contribution in [1.82, 2.24) is 0 Å². The first-order valence-electron chi connectivity index (χ1n) is 6.34. The molecule has 0 heterocycles. The molecule has 0 aliphatic heterocycles. The van der Waals surface area contributed by atoms with E-state index in [-0.39, 0.29) is 5.54 Å². The molecule has 0 aromatic heterocycles. The van der Waals surface area contributed by atoms with Gasteiger partial charge in [-0.3, -0.25) is 4.79 Å². The fraction of sp³-hybridized carbons (Fsp3) is 0.500. The van der Waals surface area contributed by atoms with Gasteiger partial charge in [-0.1, -0.05) is 25.0 Å². The van der Waals surface area contributed by atoms with Crippen molar-refractivity contribution in [1.29, 1.82) is 0 Å². The predicted octanol–water partition coefficient (Wildman–Crippen LogP) is 1.57. The third-order valence-electron chi connectivity index (χ3n) is 3.47. The monoisotopic (exact) mass is 248 g/mol. The van der Waals surface area contributed by atoms with Crippen LogP contribution in [0.25, 0.3) is 0 Å². The number of benzene rings is 1. The summed E-state index contributed by atoms with van der Waals surface area (Å²) in [6, 6.07) is 7.20. The van der Waals surface area contributed by atoms with Gasteiger partial charge in [-0.2, -0.15) is 0 Å². The van der Waals surface area contributed by atoms with Gasteiger partial charge in [0.2, 0.25) is 5.91 Å². The third kappa shape index (κ3) is 3.31. The van der Waals surface area contributed by atoms with Crippen molar-refractivity contribution in [2.24, 2.45) is 11.5 Å². The average Bonchev–Trinajstić information content (AvgIpc) is 2.77. The van der Waals surface area contributed by atoms with Gasteiger partial charge in [-0.15, -0.1) is 0 Å². The van der Waals surface area contributed by atoms with E-state index in [9.17, 15) is 4.79 Å². The zero-order valence-corrected chi connectivity index (χ0v) is 10.5. The lowest BCUT2D eigenvalue weighted by molar-refractivity contribution is 0.0750. The van der Waals surface area contributed by atoms with Crippen LogP contribution in [0.15, 0.2) is 24.3 Å². The molecule has 4 N–H and O–H groups in total. The molecule has 4 nitrogen and oxygen atoms in total. The van der Waals surface area contributed by atoms with Gasteiger partial charge < -0.3 is 16.2 Å². The van der Waals surface area contributed by atoms with Crippen LogP contribution in [0.3, 0.4) is 0 Å². The number of primary amides is 1. The van der Waals surface area contributed by atoms with Crippen LogP contribution in [0.2, 0.25) is 0 Å². The fourth-order valence-electron chi connectivity index (χ4n) is 2.41. The maximum absolute atomic E-state index is 11.0. The van der Waals surface area contributed by atoms with Gasteiger partial charge in [-0.05, 0) is 30.5 Å². The molecule has 0 unspecified atom stereocenters. The number of hydrogen-bond donors (Lipinski definition) is 2. The Hall–Kier alpha value is -1.39. The Kier molecular flexibility index (Phi) is 3.99. The van der Waals surface area contributed by atoms with Crippen LogP contribution >= 0.6 is 0 Å². The summed E-state index contributed by atoms with van der Waals surface area (Å²) >= 11 is 0. The molecule has 98 valence electrons. The molecule has 18 heavy (non-hydrogen) atoms. The highest BCUT2D eigenvalue weighted by Gasteiger charge is 2.29. The van der Waals surface area contributed by atoms with Gasteiger partial charge in [0.1, 0.15) is 0 Å². The minimum atomic E-state index is -0.414. The zero-order valence-electron chi connectivity index (χ0n) is 10.5. The standard InChI is InChI=1S/C14H20N2O2/c15-13(17)12-5-3-4-11(8-12)9-18-10-14(16)6-1-2-7-14/h3-5,8H,1-2,6-7,9-10,16H2,(H2,15,17). The summed E-state index contributed by atoms with van der Waals surface area (Å²) in [6.07, 6.45) is 4.46. The molecule has 2 rings (SSSR count). The Morgan fingerprint density at radius 1 is 1.33 bits per heavy atom. The Bertz CT molecular complexity index is 426. The van der Waals surface area contributed by atoms with Crippen LogP contribution in [0, 0.1) is 0 Å². The Labute approximate surface area is 107 Å². The maximum Gasteiger partial charge on any atom is 0.248 e. The molecule has 1 aliphatic rings. The highest BCUT2D eigenvalue weighted by atomic mass is 16.5. The highest BCUT2D eigenvalue weighted by Crippen LogP contribution is 2.27. The topological polar surface area (TPSA) is 78.3 Å². The zero-order chi connectivity index (χ0) is 13.0. The van der Waals surface area contributed by atoms with Gasteiger partial charge in [0, 0.05) is 11.1 Å². The van der Waals surface area contributed by atoms with E-state index in [0.29, 0.717) is 18.8 Å². The molecule has 1 amide bonds. The first-order valence-corrected chi connectivity index (χ1v) is 6.34. The molecule has 1 aromatic rings. The van der Waals surface area contributed by atoms with E-state index in [0.717, 1.165) is 18.4 Å². The largest absolute Gasteiger partial charge is 0.375 e. The summed E-state index contributed by atoms with van der Waals surface area (Å²) in [5.41, 5.74) is 12.7. The molecule has 0 bridgehead atoms. The summed E-state index contributed by atoms with van der Waals surface area (Å²) in [4.78, 5) is 11.0. The number of carbonyl (C=O) groups is 1. The number of carbonyl (C=O) groups excluding carboxylic acids is 1. The first-order chi connectivity index (χ1) is 8.59. The smallest absolute Gasteiger partial charge is 0.248 e. The number of ether oxygens (including phenoxy) is 1. The molecule has 0 atom stereocenters. The van der Waals surface area contributed by atoms with Crippen LogP contribution in [0.5, 0.6) is 0 Å². The predicted molar refractivity (Wildman–Crippen MR) is 70.0 cm³/mol. The average molecular weight is 248 g/mol. The second-order valence-corrected chi connectivity index (χ2v) is 5.13. The fourth-order valence-corrected chi connectivity index (χ4v) is 2.41. The van der Waals surface area contributed by atoms with Gasteiger partial charge in [-0.25, -0.2) is 0 Å². The molecule has 1 aliphatic carbocycles. The number of hydrogen-bond acceptors (Lipinski definition) is 3. The number of amides is 1. The van der Waals surface area contributed by atoms with Crippen LogP contribution < -0.4 is 11.5 Å². The van der Waals surface area contributed by atoms with E-state index >= 15 is 0 Å². The van der Waals surface area contributed by atoms with Gasteiger partial charge >= 0.3 is 0 Å². The summed E-state index contributed by atoms with van der Waals surface area (Å²) in [5.74, 6) is -0.414. The second kappa shape index (κ2) is 5.50. The van der Waals surface area contributed by atoms with E-state index in [4.69, 9.17) is 16.2 Å². The molecule has 0 radical (unpaired) electrons. The molecular formula is C14H20N2O2. The number of nitrogens with two attached hydrogens (primary N) is 2. The van der Waals surface area contributed by atoms with E-state index in [1.807, 2.05) is 12.1 Å². The van der Waals surface area contributed by atoms with Crippen molar-refractivity contribution < 1.29 is 9.53 Å². The van der Waals surface area contributed by atoms with Crippen LogP contribution in [-0.2, 0) is 11.3 Å². The molecule has 4 heteroatoms. The molecule has 1 saturated carbocycles. The van der Waals surface area contributed by atoms with Gasteiger partial charge in [0.05, 0.1) is 13.2 Å². The quantitative estimate of drug-likeness (QED) is 0.830. The van der Waals surface area contributed by atoms with Gasteiger partial charge in [0.15, 0.2) is 0 Å². The lowest BCUT2D eigenvalue weighted by Gasteiger charge is -2.23. The van der Waals surface area contributed by atoms with Crippen LogP contribution in [-0.4, -0.2) is 18.1 Å². The van der Waals surface area contributed by atoms with Crippen molar-refractivity contribution in [3.8, 4) is 0 Å². The third-order valence-corrected chi connectivity index (χ3v) is 3.47. The van der Waals surface area contributed by atoms with E-state index in [1.165, 1.54) is 12.8 Å². The van der Waals surface area contributed by atoms with Crippen molar-refractivity contribution in [2.75, 3.05) is 6.61 Å². The second-order valence-electron chi connectivity index (χ2n) is 5.13. The van der Waals surface area contributed by atoms with Crippen LogP contribution in [0.4, 0.5) is 0 Å². The van der Waals surface area contributed by atoms with E-state index in [2.05, 4.69) is 0 Å². The lowest BCUT2D eigenvalue weighted by Crippen LogP contribution is -2.41. The minimum absolute atomic E-state index is 0.151.